The van der Waals surface area contributed by atoms with E-state index in [0.717, 1.165) is 55.7 Å². The normalized spacial score (nSPS) is 16.4. The molecule has 1 fully saturated rings. The molecule has 0 bridgehead atoms. The van der Waals surface area contributed by atoms with Crippen molar-refractivity contribution >= 4 is 33.4 Å². The lowest BCUT2D eigenvalue weighted by Gasteiger charge is -2.14. The first-order valence-corrected chi connectivity index (χ1v) is 12.2. The van der Waals surface area contributed by atoms with Crippen molar-refractivity contribution in [3.63, 3.8) is 0 Å². The van der Waals surface area contributed by atoms with E-state index in [4.69, 9.17) is 0 Å². The summed E-state index contributed by atoms with van der Waals surface area (Å²) in [4.78, 5) is 45.9. The smallest absolute Gasteiger partial charge is 0.262 e. The Kier molecular flexibility index (Phi) is 7.34. The predicted molar refractivity (Wildman–Crippen MR) is 121 cm³/mol. The Bertz CT molecular complexity index is 993. The van der Waals surface area contributed by atoms with Crippen molar-refractivity contribution in [3.05, 3.63) is 27.1 Å². The van der Waals surface area contributed by atoms with Crippen LogP contribution in [0.1, 0.15) is 49.0 Å². The van der Waals surface area contributed by atoms with Crippen molar-refractivity contribution in [2.24, 2.45) is 0 Å². The molecule has 1 aliphatic carbocycles. The molecule has 0 radical (unpaired) electrons. The van der Waals surface area contributed by atoms with Gasteiger partial charge in [-0.1, -0.05) is 0 Å². The first-order chi connectivity index (χ1) is 15.1. The van der Waals surface area contributed by atoms with Crippen molar-refractivity contribution in [2.45, 2.75) is 57.9 Å². The van der Waals surface area contributed by atoms with Crippen molar-refractivity contribution in [1.29, 1.82) is 0 Å². The molecule has 4 rings (SSSR count). The highest BCUT2D eigenvalue weighted by Crippen LogP contribution is 2.33. The van der Waals surface area contributed by atoms with Gasteiger partial charge in [0, 0.05) is 30.9 Å². The zero-order chi connectivity index (χ0) is 21.6. The molecule has 0 unspecified atom stereocenters. The van der Waals surface area contributed by atoms with Crippen LogP contribution in [0.15, 0.2) is 11.1 Å². The zero-order valence-electron chi connectivity index (χ0n) is 18.0. The second kappa shape index (κ2) is 10.4. The second-order valence-electron chi connectivity index (χ2n) is 8.42. The number of carbonyl (C=O) groups is 2. The Morgan fingerprint density at radius 1 is 1.03 bits per heavy atom. The van der Waals surface area contributed by atoms with Gasteiger partial charge in [0.2, 0.25) is 11.8 Å². The number of aryl methyl sites for hydroxylation is 2. The average Bonchev–Trinajstić information content (AvgIpc) is 3.41. The molecule has 1 saturated heterocycles. The van der Waals surface area contributed by atoms with Gasteiger partial charge in [0.1, 0.15) is 11.4 Å². The molecule has 31 heavy (non-hydrogen) atoms. The molecule has 2 amide bonds. The van der Waals surface area contributed by atoms with Crippen molar-refractivity contribution in [3.8, 4) is 0 Å². The molecule has 0 aromatic carbocycles. The Morgan fingerprint density at radius 2 is 1.81 bits per heavy atom. The number of nitrogens with zero attached hydrogens (tertiary/aromatic N) is 3. The Labute approximate surface area is 186 Å². The summed E-state index contributed by atoms with van der Waals surface area (Å²) in [6.07, 6.45) is 9.12. The minimum absolute atomic E-state index is 0.0153. The Morgan fingerprint density at radius 3 is 2.65 bits per heavy atom. The molecular weight excluding hydrogens is 414 g/mol. The summed E-state index contributed by atoms with van der Waals surface area (Å²) < 4.78 is 1.39. The van der Waals surface area contributed by atoms with Crippen molar-refractivity contribution in [1.82, 2.24) is 25.1 Å². The number of fused-ring (bicyclic) bond motifs is 3. The van der Waals surface area contributed by atoms with E-state index in [1.807, 2.05) is 0 Å². The molecule has 1 aliphatic heterocycles. The molecule has 2 aromatic heterocycles. The van der Waals surface area contributed by atoms with E-state index in [1.54, 1.807) is 11.3 Å². The fraction of sp³-hybridized carbons (Fsp3) is 0.636. The lowest BCUT2D eigenvalue weighted by atomic mass is 9.97. The third kappa shape index (κ3) is 5.51. The van der Waals surface area contributed by atoms with Gasteiger partial charge >= 0.3 is 0 Å². The van der Waals surface area contributed by atoms with E-state index in [0.29, 0.717) is 31.3 Å². The fourth-order valence-corrected chi connectivity index (χ4v) is 5.65. The van der Waals surface area contributed by atoms with Crippen molar-refractivity contribution < 1.29 is 9.59 Å². The van der Waals surface area contributed by atoms with Gasteiger partial charge in [-0.25, -0.2) is 4.98 Å². The molecule has 9 heteroatoms. The number of likely N-dealkylation sites (tertiary alicyclic amines) is 1. The third-order valence-corrected chi connectivity index (χ3v) is 7.31. The summed E-state index contributed by atoms with van der Waals surface area (Å²) >= 11 is 1.61. The summed E-state index contributed by atoms with van der Waals surface area (Å²) in [5, 5.41) is 6.44. The molecule has 168 valence electrons. The van der Waals surface area contributed by atoms with Crippen LogP contribution < -0.4 is 16.2 Å². The van der Waals surface area contributed by atoms with E-state index < -0.39 is 0 Å². The SMILES string of the molecule is O=C(CCCNC(=O)Cn1cnc2sc3c(c2c1=O)CCCC3)NCCN1CCCC1. The summed E-state index contributed by atoms with van der Waals surface area (Å²) in [5.41, 5.74) is 1.01. The van der Waals surface area contributed by atoms with Gasteiger partial charge in [-0.2, -0.15) is 0 Å². The molecule has 2 N–H and O–H groups in total. The predicted octanol–water partition coefficient (Wildman–Crippen LogP) is 1.45. The minimum Gasteiger partial charge on any atom is -0.355 e. The van der Waals surface area contributed by atoms with Crippen LogP contribution in [0.2, 0.25) is 0 Å². The molecule has 3 heterocycles. The van der Waals surface area contributed by atoms with Crippen LogP contribution in [0, 0.1) is 0 Å². The number of hydrogen-bond donors (Lipinski definition) is 2. The molecule has 2 aromatic rings. The monoisotopic (exact) mass is 445 g/mol. The van der Waals surface area contributed by atoms with Gasteiger partial charge < -0.3 is 15.5 Å². The van der Waals surface area contributed by atoms with E-state index in [2.05, 4.69) is 20.5 Å². The quantitative estimate of drug-likeness (QED) is 0.570. The summed E-state index contributed by atoms with van der Waals surface area (Å²) in [6.45, 7) is 4.20. The van der Waals surface area contributed by atoms with Crippen LogP contribution in [0.5, 0.6) is 0 Å². The first kappa shape index (κ1) is 22.0. The summed E-state index contributed by atoms with van der Waals surface area (Å²) in [7, 11) is 0. The summed E-state index contributed by atoms with van der Waals surface area (Å²) in [5.74, 6) is -0.219. The lowest BCUT2D eigenvalue weighted by molar-refractivity contribution is -0.123. The number of nitrogens with one attached hydrogen (secondary N) is 2. The van der Waals surface area contributed by atoms with Gasteiger partial charge in [-0.05, 0) is 63.6 Å². The van der Waals surface area contributed by atoms with Crippen LogP contribution in [-0.2, 0) is 29.0 Å². The van der Waals surface area contributed by atoms with Crippen LogP contribution in [0.4, 0.5) is 0 Å². The second-order valence-corrected chi connectivity index (χ2v) is 9.50. The summed E-state index contributed by atoms with van der Waals surface area (Å²) in [6, 6.07) is 0. The standard InChI is InChI=1S/C22H31N5O3S/c28-18(24-10-13-26-11-3-4-12-26)8-5-9-23-19(29)14-27-15-25-21-20(22(27)30)16-6-1-2-7-17(16)31-21/h15H,1-14H2,(H,23,29)(H,24,28). The number of thiophene rings is 1. The molecule has 8 nitrogen and oxygen atoms in total. The van der Waals surface area contributed by atoms with Crippen LogP contribution in [0.3, 0.4) is 0 Å². The number of amides is 2. The van der Waals surface area contributed by atoms with Gasteiger partial charge in [-0.3, -0.25) is 19.0 Å². The van der Waals surface area contributed by atoms with E-state index in [9.17, 15) is 14.4 Å². The topological polar surface area (TPSA) is 96.3 Å². The molecule has 0 spiro atoms. The van der Waals surface area contributed by atoms with Gasteiger partial charge in [-0.15, -0.1) is 11.3 Å². The molecule has 0 atom stereocenters. The number of carbonyl (C=O) groups excluding carboxylic acids is 2. The maximum atomic E-state index is 12.9. The Balaban J connectivity index is 1.20. The maximum absolute atomic E-state index is 12.9. The number of hydrogen-bond acceptors (Lipinski definition) is 6. The highest BCUT2D eigenvalue weighted by Gasteiger charge is 2.20. The molecule has 2 aliphatic rings. The zero-order valence-corrected chi connectivity index (χ0v) is 18.8. The molecular formula is C22H31N5O3S. The largest absolute Gasteiger partial charge is 0.355 e. The maximum Gasteiger partial charge on any atom is 0.262 e. The lowest BCUT2D eigenvalue weighted by Crippen LogP contribution is -2.35. The van der Waals surface area contributed by atoms with E-state index >= 15 is 0 Å². The van der Waals surface area contributed by atoms with Gasteiger partial charge in [0.05, 0.1) is 11.7 Å². The van der Waals surface area contributed by atoms with Crippen LogP contribution in [0.25, 0.3) is 10.2 Å². The van der Waals surface area contributed by atoms with Gasteiger partial charge in [0.15, 0.2) is 0 Å². The van der Waals surface area contributed by atoms with Gasteiger partial charge in [0.25, 0.3) is 5.56 Å². The average molecular weight is 446 g/mol. The van der Waals surface area contributed by atoms with E-state index in [-0.39, 0.29) is 23.9 Å². The highest BCUT2D eigenvalue weighted by atomic mass is 32.1. The number of aromatic nitrogens is 2. The Hall–Kier alpha value is -2.26. The van der Waals surface area contributed by atoms with E-state index in [1.165, 1.54) is 28.6 Å². The third-order valence-electron chi connectivity index (χ3n) is 6.11. The molecule has 0 saturated carbocycles. The minimum atomic E-state index is -0.234. The van der Waals surface area contributed by atoms with Crippen LogP contribution in [-0.4, -0.2) is 59.0 Å². The first-order valence-electron chi connectivity index (χ1n) is 11.4. The highest BCUT2D eigenvalue weighted by molar-refractivity contribution is 7.18. The fourth-order valence-electron chi connectivity index (χ4n) is 4.43. The number of rotatable bonds is 9. The van der Waals surface area contributed by atoms with Crippen LogP contribution >= 0.6 is 11.3 Å². The van der Waals surface area contributed by atoms with Crippen molar-refractivity contribution in [2.75, 3.05) is 32.7 Å².